The number of hydrogen-bond donors (Lipinski definition) is 2. The van der Waals surface area contributed by atoms with Crippen LogP contribution >= 0.6 is 0 Å². The van der Waals surface area contributed by atoms with E-state index >= 15 is 0 Å². The third kappa shape index (κ3) is 3.07. The third-order valence-electron chi connectivity index (χ3n) is 3.70. The molecule has 3 rings (SSSR count). The Bertz CT molecular complexity index is 825. The lowest BCUT2D eigenvalue weighted by molar-refractivity contribution is 0.0906. The van der Waals surface area contributed by atoms with Crippen LogP contribution in [0.3, 0.4) is 0 Å². The van der Waals surface area contributed by atoms with Gasteiger partial charge in [0, 0.05) is 0 Å². The quantitative estimate of drug-likeness (QED) is 0.753. The van der Waals surface area contributed by atoms with Gasteiger partial charge in [-0.25, -0.2) is 9.07 Å². The van der Waals surface area contributed by atoms with Gasteiger partial charge in [0.25, 0.3) is 5.91 Å². The highest BCUT2D eigenvalue weighted by Gasteiger charge is 2.20. The highest BCUT2D eigenvalue weighted by molar-refractivity contribution is 5.95. The summed E-state index contributed by atoms with van der Waals surface area (Å²) >= 11 is 0. The van der Waals surface area contributed by atoms with Crippen LogP contribution in [0.1, 0.15) is 27.9 Å². The van der Waals surface area contributed by atoms with E-state index in [1.165, 1.54) is 24.6 Å². The molecule has 2 aromatic heterocycles. The van der Waals surface area contributed by atoms with E-state index in [4.69, 9.17) is 4.42 Å². The fraction of sp³-hybridized carbons (Fsp3) is 0.176. The van der Waals surface area contributed by atoms with Gasteiger partial charge in [0.15, 0.2) is 0 Å². The van der Waals surface area contributed by atoms with Crippen molar-refractivity contribution in [1.29, 1.82) is 0 Å². The molecule has 1 aromatic carbocycles. The first-order valence-corrected chi connectivity index (χ1v) is 7.36. The van der Waals surface area contributed by atoms with Gasteiger partial charge in [-0.3, -0.25) is 4.79 Å². The first-order valence-electron chi connectivity index (χ1n) is 7.36. The minimum absolute atomic E-state index is 0.287. The maximum absolute atomic E-state index is 13.0. The number of aromatic nitrogens is 2. The van der Waals surface area contributed by atoms with Crippen molar-refractivity contribution in [2.75, 3.05) is 6.61 Å². The molecule has 0 fully saturated rings. The number of amides is 1. The lowest BCUT2D eigenvalue weighted by Crippen LogP contribution is -2.30. The number of rotatable bonds is 5. The number of furan rings is 1. The fourth-order valence-electron chi connectivity index (χ4n) is 2.41. The fourth-order valence-corrected chi connectivity index (χ4v) is 2.41. The summed E-state index contributed by atoms with van der Waals surface area (Å²) in [5.41, 5.74) is 1.62. The van der Waals surface area contributed by atoms with E-state index in [0.29, 0.717) is 22.7 Å². The lowest BCUT2D eigenvalue weighted by atomic mass is 10.2. The molecule has 1 amide bonds. The molecule has 24 heavy (non-hydrogen) atoms. The zero-order chi connectivity index (χ0) is 17.1. The van der Waals surface area contributed by atoms with E-state index in [2.05, 4.69) is 10.4 Å². The Balaban J connectivity index is 1.82. The van der Waals surface area contributed by atoms with Crippen LogP contribution in [0.15, 0.2) is 53.3 Å². The van der Waals surface area contributed by atoms with Crippen molar-refractivity contribution in [2.24, 2.45) is 0 Å². The van der Waals surface area contributed by atoms with E-state index in [9.17, 15) is 14.3 Å². The van der Waals surface area contributed by atoms with Crippen LogP contribution < -0.4 is 5.32 Å². The Morgan fingerprint density at radius 3 is 2.75 bits per heavy atom. The minimum Gasteiger partial charge on any atom is -0.467 e. The number of halogens is 1. The maximum atomic E-state index is 13.0. The van der Waals surface area contributed by atoms with Gasteiger partial charge in [-0.15, -0.1) is 0 Å². The molecule has 1 atom stereocenters. The van der Waals surface area contributed by atoms with E-state index < -0.39 is 6.04 Å². The number of benzene rings is 1. The van der Waals surface area contributed by atoms with Gasteiger partial charge in [-0.2, -0.15) is 5.10 Å². The van der Waals surface area contributed by atoms with Gasteiger partial charge in [0.05, 0.1) is 36.0 Å². The van der Waals surface area contributed by atoms with Crippen LogP contribution in [0.4, 0.5) is 4.39 Å². The minimum atomic E-state index is -0.638. The van der Waals surface area contributed by atoms with Gasteiger partial charge in [-0.05, 0) is 43.3 Å². The van der Waals surface area contributed by atoms with Crippen molar-refractivity contribution < 1.29 is 18.7 Å². The summed E-state index contributed by atoms with van der Waals surface area (Å²) in [6, 6.07) is 8.54. The first-order chi connectivity index (χ1) is 11.6. The summed E-state index contributed by atoms with van der Waals surface area (Å²) in [7, 11) is 0. The van der Waals surface area contributed by atoms with Crippen LogP contribution in [0.25, 0.3) is 5.69 Å². The molecule has 0 saturated carbocycles. The van der Waals surface area contributed by atoms with Crippen LogP contribution in [0, 0.1) is 12.7 Å². The van der Waals surface area contributed by atoms with Crippen LogP contribution in [-0.4, -0.2) is 27.4 Å². The normalized spacial score (nSPS) is 12.1. The van der Waals surface area contributed by atoms with Crippen molar-refractivity contribution in [3.8, 4) is 5.69 Å². The average Bonchev–Trinajstić information content (AvgIpc) is 3.23. The number of aliphatic hydroxyl groups is 1. The number of carbonyl (C=O) groups is 1. The summed E-state index contributed by atoms with van der Waals surface area (Å²) in [6.07, 6.45) is 2.91. The summed E-state index contributed by atoms with van der Waals surface area (Å²) in [6.45, 7) is 1.45. The molecule has 0 aliphatic carbocycles. The number of hydrogen-bond acceptors (Lipinski definition) is 4. The summed E-state index contributed by atoms with van der Waals surface area (Å²) in [5.74, 6) is -0.253. The maximum Gasteiger partial charge on any atom is 0.255 e. The molecule has 0 aliphatic heterocycles. The number of carbonyl (C=O) groups excluding carboxylic acids is 1. The Kier molecular flexibility index (Phi) is 4.43. The van der Waals surface area contributed by atoms with Crippen molar-refractivity contribution in [1.82, 2.24) is 15.1 Å². The number of aliphatic hydroxyl groups excluding tert-OH is 1. The molecule has 0 bridgehead atoms. The highest BCUT2D eigenvalue weighted by atomic mass is 19.1. The van der Waals surface area contributed by atoms with Crippen molar-refractivity contribution in [3.63, 3.8) is 0 Å². The molecule has 7 heteroatoms. The Hall–Kier alpha value is -2.93. The number of nitrogens with zero attached hydrogens (tertiary/aromatic N) is 2. The zero-order valence-corrected chi connectivity index (χ0v) is 12.9. The predicted octanol–water partition coefficient (Wildman–Crippen LogP) is 2.38. The Morgan fingerprint density at radius 2 is 2.12 bits per heavy atom. The smallest absolute Gasteiger partial charge is 0.255 e. The second kappa shape index (κ2) is 6.67. The molecule has 124 valence electrons. The molecule has 0 radical (unpaired) electrons. The second-order valence-corrected chi connectivity index (χ2v) is 5.26. The predicted molar refractivity (Wildman–Crippen MR) is 84.3 cm³/mol. The second-order valence-electron chi connectivity index (χ2n) is 5.26. The average molecular weight is 329 g/mol. The van der Waals surface area contributed by atoms with Gasteiger partial charge < -0.3 is 14.8 Å². The topological polar surface area (TPSA) is 80.3 Å². The molecule has 2 heterocycles. The van der Waals surface area contributed by atoms with E-state index in [1.807, 2.05) is 0 Å². The number of nitrogens with one attached hydrogen (secondary N) is 1. The molecular formula is C17H16FN3O3. The molecule has 1 unspecified atom stereocenters. The monoisotopic (exact) mass is 329 g/mol. The first kappa shape index (κ1) is 15.9. The zero-order valence-electron chi connectivity index (χ0n) is 12.9. The standard InChI is InChI=1S/C17H16FN3O3/c1-11-14(9-19-21(11)13-6-4-12(18)5-7-13)17(23)20-15(10-22)16-3-2-8-24-16/h2-9,15,22H,10H2,1H3,(H,20,23). The molecule has 0 spiro atoms. The van der Waals surface area contributed by atoms with Crippen molar-refractivity contribution in [3.05, 3.63) is 71.7 Å². The van der Waals surface area contributed by atoms with Gasteiger partial charge in [-0.1, -0.05) is 0 Å². The molecule has 0 aliphatic rings. The molecular weight excluding hydrogens is 313 g/mol. The van der Waals surface area contributed by atoms with Crippen molar-refractivity contribution >= 4 is 5.91 Å². The van der Waals surface area contributed by atoms with Gasteiger partial charge >= 0.3 is 0 Å². The van der Waals surface area contributed by atoms with Crippen molar-refractivity contribution in [2.45, 2.75) is 13.0 Å². The Morgan fingerprint density at radius 1 is 1.38 bits per heavy atom. The largest absolute Gasteiger partial charge is 0.467 e. The highest BCUT2D eigenvalue weighted by Crippen LogP contribution is 2.17. The van der Waals surface area contributed by atoms with Gasteiger partial charge in [0.1, 0.15) is 17.6 Å². The molecule has 2 N–H and O–H groups in total. The third-order valence-corrected chi connectivity index (χ3v) is 3.70. The Labute approximate surface area is 137 Å². The van der Waals surface area contributed by atoms with Crippen LogP contribution in [-0.2, 0) is 0 Å². The van der Waals surface area contributed by atoms with Crippen LogP contribution in [0.5, 0.6) is 0 Å². The SMILES string of the molecule is Cc1c(C(=O)NC(CO)c2ccco2)cnn1-c1ccc(F)cc1. The summed E-state index contributed by atoms with van der Waals surface area (Å²) in [5, 5.41) is 16.3. The van der Waals surface area contributed by atoms with E-state index in [-0.39, 0.29) is 18.3 Å². The van der Waals surface area contributed by atoms with E-state index in [0.717, 1.165) is 0 Å². The molecule has 6 nitrogen and oxygen atoms in total. The van der Waals surface area contributed by atoms with Gasteiger partial charge in [0.2, 0.25) is 0 Å². The lowest BCUT2D eigenvalue weighted by Gasteiger charge is -2.13. The van der Waals surface area contributed by atoms with Crippen LogP contribution in [0.2, 0.25) is 0 Å². The molecule has 3 aromatic rings. The van der Waals surface area contributed by atoms with E-state index in [1.54, 1.807) is 35.9 Å². The summed E-state index contributed by atoms with van der Waals surface area (Å²) < 4.78 is 19.8. The molecule has 0 saturated heterocycles. The summed E-state index contributed by atoms with van der Waals surface area (Å²) in [4.78, 5) is 12.5.